The topological polar surface area (TPSA) is 58.4 Å². The van der Waals surface area contributed by atoms with Crippen LogP contribution in [0.4, 0.5) is 5.69 Å². The van der Waals surface area contributed by atoms with Crippen LogP contribution < -0.4 is 4.90 Å². The van der Waals surface area contributed by atoms with Crippen LogP contribution in [0.5, 0.6) is 0 Å². The predicted molar refractivity (Wildman–Crippen MR) is 90.3 cm³/mol. The van der Waals surface area contributed by atoms with E-state index in [2.05, 4.69) is 11.1 Å². The lowest BCUT2D eigenvalue weighted by atomic mass is 10.1. The first-order chi connectivity index (χ1) is 11.0. The summed E-state index contributed by atoms with van der Waals surface area (Å²) in [6.07, 6.45) is 3.59. The summed E-state index contributed by atoms with van der Waals surface area (Å²) < 4.78 is 1.82. The molecule has 2 aromatic carbocycles. The summed E-state index contributed by atoms with van der Waals surface area (Å²) in [5.74, 6) is -0.939. The molecule has 1 heterocycles. The van der Waals surface area contributed by atoms with Gasteiger partial charge in [0.1, 0.15) is 0 Å². The second kappa shape index (κ2) is 5.96. The molecule has 0 radical (unpaired) electrons. The van der Waals surface area contributed by atoms with Gasteiger partial charge in [0.15, 0.2) is 0 Å². The molecule has 0 spiro atoms. The lowest BCUT2D eigenvalue weighted by Crippen LogP contribution is -2.08. The van der Waals surface area contributed by atoms with E-state index in [0.717, 1.165) is 22.6 Å². The van der Waals surface area contributed by atoms with Crippen LogP contribution in [0, 0.1) is 0 Å². The van der Waals surface area contributed by atoms with E-state index in [1.54, 1.807) is 24.5 Å². The minimum absolute atomic E-state index is 0.257. The van der Waals surface area contributed by atoms with Crippen molar-refractivity contribution in [2.24, 2.45) is 0 Å². The fourth-order valence-corrected chi connectivity index (χ4v) is 2.36. The Hall–Kier alpha value is -3.08. The van der Waals surface area contributed by atoms with Gasteiger partial charge in [0, 0.05) is 37.2 Å². The van der Waals surface area contributed by atoms with Crippen molar-refractivity contribution in [2.75, 3.05) is 19.0 Å². The largest absolute Gasteiger partial charge is 0.478 e. The average Bonchev–Trinajstić information content (AvgIpc) is 3.05. The molecule has 0 fully saturated rings. The maximum atomic E-state index is 11.1. The maximum Gasteiger partial charge on any atom is 0.335 e. The van der Waals surface area contributed by atoms with Crippen LogP contribution >= 0.6 is 0 Å². The van der Waals surface area contributed by atoms with E-state index in [4.69, 9.17) is 5.11 Å². The van der Waals surface area contributed by atoms with Gasteiger partial charge in [-0.2, -0.15) is 0 Å². The molecule has 0 atom stereocenters. The van der Waals surface area contributed by atoms with Gasteiger partial charge in [-0.05, 0) is 30.3 Å². The van der Waals surface area contributed by atoms with Gasteiger partial charge in [-0.1, -0.05) is 18.2 Å². The van der Waals surface area contributed by atoms with Crippen molar-refractivity contribution in [3.05, 3.63) is 66.6 Å². The van der Waals surface area contributed by atoms with Gasteiger partial charge < -0.3 is 14.6 Å². The van der Waals surface area contributed by atoms with E-state index in [1.807, 2.05) is 54.0 Å². The van der Waals surface area contributed by atoms with Gasteiger partial charge in [0.05, 0.1) is 17.6 Å². The van der Waals surface area contributed by atoms with Crippen LogP contribution in [-0.4, -0.2) is 34.7 Å². The second-order valence-electron chi connectivity index (χ2n) is 5.47. The Morgan fingerprint density at radius 2 is 1.91 bits per heavy atom. The molecule has 116 valence electrons. The molecule has 0 aliphatic rings. The van der Waals surface area contributed by atoms with E-state index in [1.165, 1.54) is 0 Å². The van der Waals surface area contributed by atoms with Gasteiger partial charge in [-0.3, -0.25) is 0 Å². The number of rotatable bonds is 4. The first kappa shape index (κ1) is 14.8. The summed E-state index contributed by atoms with van der Waals surface area (Å²) in [7, 11) is 3.99. The lowest BCUT2D eigenvalue weighted by Gasteiger charge is -2.12. The molecule has 0 unspecified atom stereocenters. The van der Waals surface area contributed by atoms with E-state index in [0.29, 0.717) is 0 Å². The smallest absolute Gasteiger partial charge is 0.335 e. The number of anilines is 1. The van der Waals surface area contributed by atoms with Gasteiger partial charge >= 0.3 is 5.97 Å². The zero-order valence-corrected chi connectivity index (χ0v) is 13.0. The van der Waals surface area contributed by atoms with Crippen molar-refractivity contribution in [3.63, 3.8) is 0 Å². The summed E-state index contributed by atoms with van der Waals surface area (Å²) in [6, 6.07) is 14.9. The Morgan fingerprint density at radius 1 is 1.13 bits per heavy atom. The van der Waals surface area contributed by atoms with Gasteiger partial charge in [0.25, 0.3) is 0 Å². The fraction of sp³-hybridized carbons (Fsp3) is 0.111. The Bertz CT molecular complexity index is 853. The standard InChI is InChI=1S/C18H17N3O2/c1-20(2)15-7-3-5-13(9-15)17-11-21(12-19-17)16-8-4-6-14(10-16)18(22)23/h3-12H,1-2H3,(H,22,23). The van der Waals surface area contributed by atoms with Crippen molar-refractivity contribution in [3.8, 4) is 16.9 Å². The van der Waals surface area contributed by atoms with Gasteiger partial charge in [-0.15, -0.1) is 0 Å². The summed E-state index contributed by atoms with van der Waals surface area (Å²) in [4.78, 5) is 17.6. The van der Waals surface area contributed by atoms with Crippen molar-refractivity contribution < 1.29 is 9.90 Å². The first-order valence-electron chi connectivity index (χ1n) is 7.20. The molecule has 0 bridgehead atoms. The molecule has 3 rings (SSSR count). The first-order valence-corrected chi connectivity index (χ1v) is 7.20. The zero-order valence-electron chi connectivity index (χ0n) is 13.0. The number of imidazole rings is 1. The number of nitrogens with zero attached hydrogens (tertiary/aromatic N) is 3. The summed E-state index contributed by atoms with van der Waals surface area (Å²) in [6.45, 7) is 0. The minimum atomic E-state index is -0.939. The van der Waals surface area contributed by atoms with Gasteiger partial charge in [0.2, 0.25) is 0 Å². The van der Waals surface area contributed by atoms with Crippen LogP contribution in [0.25, 0.3) is 16.9 Å². The number of benzene rings is 2. The number of aromatic carboxylic acids is 1. The highest BCUT2D eigenvalue weighted by atomic mass is 16.4. The molecule has 1 aromatic heterocycles. The Labute approximate surface area is 134 Å². The third-order valence-electron chi connectivity index (χ3n) is 3.63. The minimum Gasteiger partial charge on any atom is -0.478 e. The maximum absolute atomic E-state index is 11.1. The van der Waals surface area contributed by atoms with Crippen molar-refractivity contribution >= 4 is 11.7 Å². The number of carboxylic acid groups (broad SMARTS) is 1. The van der Waals surface area contributed by atoms with Crippen molar-refractivity contribution in [1.82, 2.24) is 9.55 Å². The molecular weight excluding hydrogens is 290 g/mol. The highest BCUT2D eigenvalue weighted by Gasteiger charge is 2.07. The molecule has 5 heteroatoms. The summed E-state index contributed by atoms with van der Waals surface area (Å²) >= 11 is 0. The van der Waals surface area contributed by atoms with E-state index >= 15 is 0 Å². The van der Waals surface area contributed by atoms with Crippen molar-refractivity contribution in [2.45, 2.75) is 0 Å². The van der Waals surface area contributed by atoms with Crippen LogP contribution in [-0.2, 0) is 0 Å². The Morgan fingerprint density at radius 3 is 2.65 bits per heavy atom. The summed E-state index contributed by atoms with van der Waals surface area (Å²) in [5.41, 5.74) is 3.99. The molecule has 0 saturated carbocycles. The molecule has 1 N–H and O–H groups in total. The van der Waals surface area contributed by atoms with E-state index < -0.39 is 5.97 Å². The normalized spacial score (nSPS) is 10.5. The molecule has 0 amide bonds. The van der Waals surface area contributed by atoms with Crippen LogP contribution in [0.2, 0.25) is 0 Å². The molecule has 0 saturated heterocycles. The third kappa shape index (κ3) is 3.08. The zero-order chi connectivity index (χ0) is 16.4. The van der Waals surface area contributed by atoms with E-state index in [-0.39, 0.29) is 5.56 Å². The number of hydrogen-bond acceptors (Lipinski definition) is 3. The number of aromatic nitrogens is 2. The summed E-state index contributed by atoms with van der Waals surface area (Å²) in [5, 5.41) is 9.09. The monoisotopic (exact) mass is 307 g/mol. The average molecular weight is 307 g/mol. The molecular formula is C18H17N3O2. The number of hydrogen-bond donors (Lipinski definition) is 1. The predicted octanol–water partition coefficient (Wildman–Crippen LogP) is 3.30. The van der Waals surface area contributed by atoms with Crippen LogP contribution in [0.3, 0.4) is 0 Å². The van der Waals surface area contributed by atoms with Crippen molar-refractivity contribution in [1.29, 1.82) is 0 Å². The van der Waals surface area contributed by atoms with E-state index in [9.17, 15) is 4.79 Å². The third-order valence-corrected chi connectivity index (χ3v) is 3.63. The second-order valence-corrected chi connectivity index (χ2v) is 5.47. The number of carbonyl (C=O) groups is 1. The van der Waals surface area contributed by atoms with Gasteiger partial charge in [-0.25, -0.2) is 9.78 Å². The number of carboxylic acids is 1. The fourth-order valence-electron chi connectivity index (χ4n) is 2.36. The van der Waals surface area contributed by atoms with Crippen LogP contribution in [0.15, 0.2) is 61.1 Å². The Kier molecular flexibility index (Phi) is 3.85. The molecule has 0 aliphatic heterocycles. The molecule has 23 heavy (non-hydrogen) atoms. The molecule has 5 nitrogen and oxygen atoms in total. The highest BCUT2D eigenvalue weighted by Crippen LogP contribution is 2.23. The lowest BCUT2D eigenvalue weighted by molar-refractivity contribution is 0.0697. The quantitative estimate of drug-likeness (QED) is 0.803. The molecule has 3 aromatic rings. The highest BCUT2D eigenvalue weighted by molar-refractivity contribution is 5.88. The molecule has 0 aliphatic carbocycles. The SMILES string of the molecule is CN(C)c1cccc(-c2cn(-c3cccc(C(=O)O)c3)cn2)c1. The van der Waals surface area contributed by atoms with Crippen LogP contribution in [0.1, 0.15) is 10.4 Å². The Balaban J connectivity index is 1.96.